The molecule has 3 N–H and O–H groups in total. The lowest BCUT2D eigenvalue weighted by atomic mass is 9.70. The molecule has 2 aliphatic heterocycles. The first-order chi connectivity index (χ1) is 26.7. The van der Waals surface area contributed by atoms with E-state index >= 15 is 4.39 Å². The minimum atomic E-state index is -1.01. The van der Waals surface area contributed by atoms with Crippen LogP contribution in [0.2, 0.25) is 0 Å². The van der Waals surface area contributed by atoms with E-state index in [1.54, 1.807) is 17.0 Å². The maximum Gasteiger partial charge on any atom is 0.239 e. The average molecular weight is 754 g/mol. The van der Waals surface area contributed by atoms with Crippen molar-refractivity contribution in [2.45, 2.75) is 112 Å². The normalized spacial score (nSPS) is 17.9. The number of ether oxygens (including phenoxy) is 1. The third-order valence-electron chi connectivity index (χ3n) is 11.5. The van der Waals surface area contributed by atoms with E-state index in [9.17, 15) is 20.3 Å². The maximum absolute atomic E-state index is 17.8. The van der Waals surface area contributed by atoms with Gasteiger partial charge in [-0.25, -0.2) is 4.39 Å². The molecule has 1 fully saturated rings. The van der Waals surface area contributed by atoms with Gasteiger partial charge in [-0.2, -0.15) is 5.26 Å². The van der Waals surface area contributed by atoms with E-state index in [1.807, 2.05) is 51.1 Å². The Morgan fingerprint density at radius 3 is 2.53 bits per heavy atom. The number of carbonyl (C=O) groups is 1. The van der Waals surface area contributed by atoms with Gasteiger partial charge in [0.2, 0.25) is 5.91 Å². The Balaban J connectivity index is 0.00000331. The highest BCUT2D eigenvalue weighted by atomic mass is 19.1. The molecule has 0 bridgehead atoms. The van der Waals surface area contributed by atoms with Crippen molar-refractivity contribution in [2.24, 2.45) is 17.3 Å². The number of amides is 1. The number of aryl methyl sites for hydroxylation is 1. The predicted octanol–water partition coefficient (Wildman–Crippen LogP) is 10.5. The number of aliphatic hydroxyl groups excluding tert-OH is 1. The summed E-state index contributed by atoms with van der Waals surface area (Å²) in [5.41, 5.74) is 3.11. The summed E-state index contributed by atoms with van der Waals surface area (Å²) in [4.78, 5) is 16.4. The Labute approximate surface area is 329 Å². The number of fused-ring (bicyclic) bond motifs is 1. The standard InChI is InChI=1S/C45H58FN3O4.C2H6/c1-6-9-16-34(30(4)8-3)28-53-31(5)43-41(45(20-14-22-48-29-45)44(52)49(43)23-24-50)39-26-33(18-12-13-21-47)40(42(46)37(39)15-7-2)38-27-35(51)25-32-17-10-11-19-36(32)38;1-2/h10-11,17,19,25-27,30,34,48,50-51H,5-9,12-16,18,20,22-24,28-29H2,1-4H3;1-2H3. The first kappa shape index (κ1) is 43.5. The molecule has 0 aromatic heterocycles. The molecule has 0 saturated carbocycles. The van der Waals surface area contributed by atoms with E-state index < -0.39 is 5.41 Å². The van der Waals surface area contributed by atoms with Crippen LogP contribution in [0.1, 0.15) is 116 Å². The lowest BCUT2D eigenvalue weighted by Gasteiger charge is -2.36. The van der Waals surface area contributed by atoms with Crippen molar-refractivity contribution in [3.63, 3.8) is 0 Å². The fourth-order valence-corrected chi connectivity index (χ4v) is 8.54. The number of unbranched alkanes of at least 4 members (excludes halogenated alkanes) is 2. The van der Waals surface area contributed by atoms with E-state index in [0.29, 0.717) is 108 Å². The minimum absolute atomic E-state index is 0.0449. The van der Waals surface area contributed by atoms with Gasteiger partial charge in [-0.3, -0.25) is 4.79 Å². The van der Waals surface area contributed by atoms with Crippen molar-refractivity contribution in [1.29, 1.82) is 5.26 Å². The molecular weight excluding hydrogens is 690 g/mol. The van der Waals surface area contributed by atoms with Crippen molar-refractivity contribution in [2.75, 3.05) is 32.8 Å². The van der Waals surface area contributed by atoms with Gasteiger partial charge in [0, 0.05) is 30.6 Å². The van der Waals surface area contributed by atoms with Crippen LogP contribution < -0.4 is 5.32 Å². The molecule has 1 amide bonds. The van der Waals surface area contributed by atoms with Crippen LogP contribution >= 0.6 is 0 Å². The Morgan fingerprint density at radius 2 is 1.87 bits per heavy atom. The Bertz CT molecular complexity index is 1850. The molecule has 2 aliphatic rings. The second-order valence-corrected chi connectivity index (χ2v) is 15.0. The van der Waals surface area contributed by atoms with Gasteiger partial charge in [-0.05, 0) is 102 Å². The van der Waals surface area contributed by atoms with Gasteiger partial charge in [-0.1, -0.05) is 104 Å². The molecule has 55 heavy (non-hydrogen) atoms. The molecule has 3 aromatic carbocycles. The molecule has 2 heterocycles. The molecule has 3 unspecified atom stereocenters. The van der Waals surface area contributed by atoms with Gasteiger partial charge < -0.3 is 25.2 Å². The van der Waals surface area contributed by atoms with E-state index in [2.05, 4.69) is 38.7 Å². The minimum Gasteiger partial charge on any atom is -0.508 e. The Morgan fingerprint density at radius 1 is 1.11 bits per heavy atom. The molecule has 3 atom stereocenters. The van der Waals surface area contributed by atoms with Crippen molar-refractivity contribution < 1.29 is 24.1 Å². The smallest absolute Gasteiger partial charge is 0.239 e. The molecule has 298 valence electrons. The molecule has 1 spiro atoms. The number of nitrogens with one attached hydrogen (secondary N) is 1. The second kappa shape index (κ2) is 20.6. The summed E-state index contributed by atoms with van der Waals surface area (Å²) in [6, 6.07) is 15.2. The number of phenolic OH excluding ortho intramolecular Hbond substituents is 1. The Hall–Kier alpha value is -4.19. The van der Waals surface area contributed by atoms with E-state index in [0.717, 1.165) is 49.4 Å². The molecule has 8 heteroatoms. The van der Waals surface area contributed by atoms with Gasteiger partial charge in [-0.15, -0.1) is 0 Å². The number of halogens is 1. The van der Waals surface area contributed by atoms with Gasteiger partial charge >= 0.3 is 0 Å². The number of hydrogen-bond acceptors (Lipinski definition) is 6. The monoisotopic (exact) mass is 753 g/mol. The number of β-amino-alcohol motifs (C(OH)–C–C–N with tert-alkyl or cyclic N) is 1. The van der Waals surface area contributed by atoms with Crippen LogP contribution in [0.15, 0.2) is 60.5 Å². The molecular formula is C47H64FN3O4. The molecule has 0 radical (unpaired) electrons. The number of phenols is 1. The molecule has 7 nitrogen and oxygen atoms in total. The topological polar surface area (TPSA) is 106 Å². The van der Waals surface area contributed by atoms with Gasteiger partial charge in [0.25, 0.3) is 0 Å². The highest BCUT2D eigenvalue weighted by molar-refractivity contribution is 6.06. The number of nitriles is 1. The summed E-state index contributed by atoms with van der Waals surface area (Å²) in [6.07, 6.45) is 7.88. The second-order valence-electron chi connectivity index (χ2n) is 15.0. The fraction of sp³-hybridized carbons (Fsp3) is 0.532. The van der Waals surface area contributed by atoms with E-state index in [1.165, 1.54) is 0 Å². The molecule has 0 aliphatic carbocycles. The number of rotatable bonds is 18. The first-order valence-electron chi connectivity index (χ1n) is 20.8. The third kappa shape index (κ3) is 9.27. The summed E-state index contributed by atoms with van der Waals surface area (Å²) >= 11 is 0. The van der Waals surface area contributed by atoms with Crippen molar-refractivity contribution in [3.05, 3.63) is 83.0 Å². The molecule has 3 aromatic rings. The van der Waals surface area contributed by atoms with Crippen LogP contribution in [0, 0.1) is 34.4 Å². The summed E-state index contributed by atoms with van der Waals surface area (Å²) in [7, 11) is 0. The van der Waals surface area contributed by atoms with Crippen LogP contribution in [0.4, 0.5) is 4.39 Å². The summed E-state index contributed by atoms with van der Waals surface area (Å²) in [5, 5.41) is 35.8. The summed E-state index contributed by atoms with van der Waals surface area (Å²) in [6.45, 7) is 18.5. The van der Waals surface area contributed by atoms with Gasteiger partial charge in [0.05, 0.1) is 30.4 Å². The maximum atomic E-state index is 17.8. The summed E-state index contributed by atoms with van der Waals surface area (Å²) < 4.78 is 24.4. The number of nitrogens with zero attached hydrogens (tertiary/aromatic N) is 2. The van der Waals surface area contributed by atoms with Crippen LogP contribution in [-0.2, 0) is 22.4 Å². The molecule has 5 rings (SSSR count). The van der Waals surface area contributed by atoms with Crippen molar-refractivity contribution in [1.82, 2.24) is 10.2 Å². The number of piperidine rings is 1. The average Bonchev–Trinajstić information content (AvgIpc) is 3.42. The number of benzene rings is 3. The van der Waals surface area contributed by atoms with Crippen LogP contribution in [0.3, 0.4) is 0 Å². The fourth-order valence-electron chi connectivity index (χ4n) is 8.54. The predicted molar refractivity (Wildman–Crippen MR) is 223 cm³/mol. The summed E-state index contributed by atoms with van der Waals surface area (Å²) in [5.74, 6) is 0.654. The van der Waals surface area contributed by atoms with Gasteiger partial charge in [0.1, 0.15) is 17.3 Å². The lowest BCUT2D eigenvalue weighted by Crippen LogP contribution is -2.48. The van der Waals surface area contributed by atoms with E-state index in [-0.39, 0.29) is 30.6 Å². The number of aromatic hydroxyl groups is 1. The zero-order chi connectivity index (χ0) is 40.1. The number of carbonyl (C=O) groups excluding carboxylic acids is 1. The van der Waals surface area contributed by atoms with Gasteiger partial charge in [0.15, 0.2) is 0 Å². The Kier molecular flexibility index (Phi) is 16.3. The van der Waals surface area contributed by atoms with E-state index in [4.69, 9.17) is 4.74 Å². The SMILES string of the molecule is C=C(OCC(CCCC)C(C)CC)C1=C(c2cc(CCCC#N)c(-c3cc(O)cc4ccccc34)c(F)c2CCC)C2(CCCNC2)C(=O)N1CCO.CC. The van der Waals surface area contributed by atoms with Crippen LogP contribution in [0.25, 0.3) is 27.5 Å². The third-order valence-corrected chi connectivity index (χ3v) is 11.5. The van der Waals surface area contributed by atoms with Crippen molar-refractivity contribution >= 4 is 22.3 Å². The van der Waals surface area contributed by atoms with Crippen LogP contribution in [-0.4, -0.2) is 53.9 Å². The quantitative estimate of drug-likeness (QED) is 0.0882. The largest absolute Gasteiger partial charge is 0.508 e. The number of hydrogen-bond donors (Lipinski definition) is 3. The highest BCUT2D eigenvalue weighted by Crippen LogP contribution is 2.54. The number of aliphatic hydroxyl groups is 1. The lowest BCUT2D eigenvalue weighted by molar-refractivity contribution is -0.136. The first-order valence-corrected chi connectivity index (χ1v) is 20.8. The van der Waals surface area contributed by atoms with Crippen LogP contribution in [0.5, 0.6) is 5.75 Å². The van der Waals surface area contributed by atoms with Crippen molar-refractivity contribution in [3.8, 4) is 22.9 Å². The zero-order valence-corrected chi connectivity index (χ0v) is 34.2. The zero-order valence-electron chi connectivity index (χ0n) is 34.2. The highest BCUT2D eigenvalue weighted by Gasteiger charge is 2.54. The molecule has 1 saturated heterocycles.